The van der Waals surface area contributed by atoms with Gasteiger partial charge in [0.15, 0.2) is 37.2 Å². The molecule has 0 unspecified atom stereocenters. The van der Waals surface area contributed by atoms with Crippen LogP contribution in [-0.2, 0) is 56.8 Å². The number of ether oxygens (including phenoxy) is 12. The summed E-state index contributed by atoms with van der Waals surface area (Å²) in [5.41, 5.74) is -1.06. The van der Waals surface area contributed by atoms with Gasteiger partial charge in [-0.15, -0.1) is 0 Å². The number of fused-ring (bicyclic) bond motifs is 4. The number of aliphatic hydroxyl groups excluding tert-OH is 14. The van der Waals surface area contributed by atoms with Crippen LogP contribution in [0.25, 0.3) is 0 Å². The lowest BCUT2D eigenvalue weighted by Crippen LogP contribution is -2.68. The van der Waals surface area contributed by atoms with Gasteiger partial charge in [0.05, 0.1) is 56.9 Å². The Bertz CT molecular complexity index is 2380. The van der Waals surface area contributed by atoms with Crippen molar-refractivity contribution >= 4 is 0 Å². The molecule has 0 aromatic rings. The predicted octanol–water partition coefficient (Wildman–Crippen LogP) is -3.36. The lowest BCUT2D eigenvalue weighted by atomic mass is 9.35. The molecule has 7 heterocycles. The zero-order chi connectivity index (χ0) is 62.3. The highest BCUT2D eigenvalue weighted by Crippen LogP contribution is 2.80. The highest BCUT2D eigenvalue weighted by molar-refractivity contribution is 5.27. The van der Waals surface area contributed by atoms with Crippen molar-refractivity contribution in [3.63, 3.8) is 0 Å². The van der Waals surface area contributed by atoms with Crippen LogP contribution in [0, 0.1) is 45.3 Å². The molecule has 0 aromatic heterocycles. The van der Waals surface area contributed by atoms with Crippen LogP contribution in [-0.4, -0.2) is 281 Å². The molecule has 0 aromatic carbocycles. The summed E-state index contributed by atoms with van der Waals surface area (Å²) in [6.07, 6.45) is -34.9. The van der Waals surface area contributed by atoms with Gasteiger partial charge in [-0.25, -0.2) is 0 Å². The number of hydrogen-bond donors (Lipinski definition) is 15. The fourth-order valence-electron chi connectivity index (χ4n) is 18.6. The number of rotatable bonds is 14. The summed E-state index contributed by atoms with van der Waals surface area (Å²) in [6.45, 7) is 14.3. The zero-order valence-corrected chi connectivity index (χ0v) is 50.2. The van der Waals surface area contributed by atoms with E-state index in [0.717, 1.165) is 37.7 Å². The summed E-state index contributed by atoms with van der Waals surface area (Å²) in [5, 5.41) is 165. The van der Waals surface area contributed by atoms with E-state index in [9.17, 15) is 76.6 Å². The average molecular weight is 1240 g/mol. The summed E-state index contributed by atoms with van der Waals surface area (Å²) in [7, 11) is 0. The first-order chi connectivity index (χ1) is 40.4. The molecule has 11 aliphatic rings. The normalized spacial score (nSPS) is 56.9. The van der Waals surface area contributed by atoms with Gasteiger partial charge in [-0.3, -0.25) is 0 Å². The van der Waals surface area contributed by atoms with Crippen molar-refractivity contribution in [3.8, 4) is 0 Å². The van der Waals surface area contributed by atoms with Gasteiger partial charge in [0.2, 0.25) is 0 Å². The van der Waals surface area contributed by atoms with E-state index in [-0.39, 0.29) is 46.0 Å². The van der Waals surface area contributed by atoms with Gasteiger partial charge in [-0.2, -0.15) is 0 Å². The molecular formula is C59H96O27. The van der Waals surface area contributed by atoms with E-state index in [1.54, 1.807) is 0 Å². The molecule has 4 saturated carbocycles. The minimum atomic E-state index is -2.11. The summed E-state index contributed by atoms with van der Waals surface area (Å²) < 4.78 is 75.6. The molecular weight excluding hydrogens is 1140 g/mol. The molecule has 27 nitrogen and oxygen atoms in total. The molecule has 0 amide bonds. The minimum absolute atomic E-state index is 0.0914. The zero-order valence-electron chi connectivity index (χ0n) is 50.2. The summed E-state index contributed by atoms with van der Waals surface area (Å²) in [5.74, 6) is -0.503. The molecule has 7 saturated heterocycles. The van der Waals surface area contributed by atoms with Gasteiger partial charge < -0.3 is 133 Å². The quantitative estimate of drug-likeness (QED) is 0.0597. The lowest BCUT2D eigenvalue weighted by Gasteiger charge is -2.70. The molecule has 86 heavy (non-hydrogen) atoms. The van der Waals surface area contributed by atoms with E-state index in [2.05, 4.69) is 33.8 Å². The van der Waals surface area contributed by atoms with Crippen LogP contribution in [0.2, 0.25) is 0 Å². The molecule has 27 heteroatoms. The Labute approximate surface area is 499 Å². The molecule has 7 aliphatic heterocycles. The first-order valence-corrected chi connectivity index (χ1v) is 30.9. The van der Waals surface area contributed by atoms with Gasteiger partial charge in [0.25, 0.3) is 0 Å². The van der Waals surface area contributed by atoms with Gasteiger partial charge in [-0.1, -0.05) is 39.3 Å². The molecule has 11 fully saturated rings. The molecule has 2 spiro atoms. The largest absolute Gasteiger partial charge is 0.394 e. The third-order valence-corrected chi connectivity index (χ3v) is 22.9. The van der Waals surface area contributed by atoms with E-state index in [1.165, 1.54) is 6.92 Å². The minimum Gasteiger partial charge on any atom is -0.394 e. The molecule has 2 bridgehead atoms. The van der Waals surface area contributed by atoms with Crippen molar-refractivity contribution in [1.82, 2.24) is 0 Å². The maximum absolute atomic E-state index is 12.4. The van der Waals surface area contributed by atoms with E-state index in [4.69, 9.17) is 56.8 Å². The van der Waals surface area contributed by atoms with Crippen LogP contribution in [0.3, 0.4) is 0 Å². The Morgan fingerprint density at radius 2 is 1.15 bits per heavy atom. The van der Waals surface area contributed by atoms with E-state index >= 15 is 0 Å². The Balaban J connectivity index is 0.877. The lowest BCUT2D eigenvalue weighted by molar-refractivity contribution is -0.403. The number of aliphatic hydroxyl groups is 15. The van der Waals surface area contributed by atoms with E-state index in [1.807, 2.05) is 20.8 Å². The van der Waals surface area contributed by atoms with Gasteiger partial charge in [0.1, 0.15) is 110 Å². The molecule has 494 valence electrons. The van der Waals surface area contributed by atoms with Crippen LogP contribution < -0.4 is 0 Å². The summed E-state index contributed by atoms with van der Waals surface area (Å²) in [4.78, 5) is 0. The third-order valence-electron chi connectivity index (χ3n) is 22.9. The van der Waals surface area contributed by atoms with Crippen LogP contribution in [0.5, 0.6) is 0 Å². The topological polar surface area (TPSA) is 414 Å². The van der Waals surface area contributed by atoms with Crippen molar-refractivity contribution in [3.05, 3.63) is 11.6 Å². The van der Waals surface area contributed by atoms with Crippen molar-refractivity contribution < 1.29 is 133 Å². The second-order valence-corrected chi connectivity index (χ2v) is 28.6. The van der Waals surface area contributed by atoms with Crippen molar-refractivity contribution in [2.45, 2.75) is 278 Å². The predicted molar refractivity (Wildman–Crippen MR) is 289 cm³/mol. The average Bonchev–Trinajstić information content (AvgIpc) is 1.45. The second kappa shape index (κ2) is 24.2. The van der Waals surface area contributed by atoms with Crippen LogP contribution >= 0.6 is 0 Å². The molecule has 15 N–H and O–H groups in total. The Morgan fingerprint density at radius 1 is 0.570 bits per heavy atom. The molecule has 11 rings (SSSR count). The maximum atomic E-state index is 12.4. The van der Waals surface area contributed by atoms with Gasteiger partial charge >= 0.3 is 0 Å². The van der Waals surface area contributed by atoms with Crippen molar-refractivity contribution in [2.24, 2.45) is 45.3 Å². The van der Waals surface area contributed by atoms with E-state index in [0.29, 0.717) is 25.9 Å². The number of hydrogen-bond acceptors (Lipinski definition) is 27. The highest BCUT2D eigenvalue weighted by atomic mass is 16.8. The summed E-state index contributed by atoms with van der Waals surface area (Å²) in [6, 6.07) is 0. The standard InChI is InChI=1S/C59H96O27/c1-23(2)15-25-16-57(8,74)48-26-9-10-32-55(6)13-12-33(54(4,5)31(55)11-14-56(32,7)58(26)21-59(48,86-25)77-22-58)82-52-47(85-50-43(72)38(67)34(63)24(3)78-50)45(27(62)19-75-52)83-53-46(84-51-44(73)40(69)36(65)29(18-61)80-51)41(70)37(66)30(81-53)20-76-49-42(71)39(68)35(64)28(17-60)79-49/h15,24-53,60-74H,9-14,16-22H2,1-8H3/t24-,25-,26+,27-,28+,29+,30+,31+,32+,33-,34-,35+,36+,37+,38+,39-,40-,41-,42+,43+,44+,45-,46+,47+,48-,49+,50-,51-,52-,53-,55-,56+,57-,58-,59-/m0/s1. The maximum Gasteiger partial charge on any atom is 0.187 e. The van der Waals surface area contributed by atoms with Crippen LogP contribution in [0.1, 0.15) is 107 Å². The fourth-order valence-corrected chi connectivity index (χ4v) is 18.6. The third kappa shape index (κ3) is 10.8. The smallest absolute Gasteiger partial charge is 0.187 e. The number of allylic oxidation sites excluding steroid dienone is 1. The summed E-state index contributed by atoms with van der Waals surface area (Å²) >= 11 is 0. The second-order valence-electron chi connectivity index (χ2n) is 28.6. The fraction of sp³-hybridized carbons (Fsp3) is 0.966. The van der Waals surface area contributed by atoms with Crippen molar-refractivity contribution in [1.29, 1.82) is 0 Å². The highest BCUT2D eigenvalue weighted by Gasteiger charge is 2.81. The Hall–Kier alpha value is -1.34. The van der Waals surface area contributed by atoms with Crippen LogP contribution in [0.15, 0.2) is 11.6 Å². The first-order valence-electron chi connectivity index (χ1n) is 30.9. The molecule has 35 atom stereocenters. The molecule has 4 aliphatic carbocycles. The van der Waals surface area contributed by atoms with Crippen molar-refractivity contribution in [2.75, 3.05) is 33.0 Å². The monoisotopic (exact) mass is 1240 g/mol. The van der Waals surface area contributed by atoms with Crippen LogP contribution in [0.4, 0.5) is 0 Å². The Morgan fingerprint density at radius 3 is 1.80 bits per heavy atom. The Kier molecular flexibility index (Phi) is 18.6. The first kappa shape index (κ1) is 66.1. The van der Waals surface area contributed by atoms with Gasteiger partial charge in [0, 0.05) is 24.2 Å². The van der Waals surface area contributed by atoms with Gasteiger partial charge in [-0.05, 0) is 100 Å². The SMILES string of the molecule is CC(C)=C[C@H]1C[C@](C)(O)[C@@H]2[C@H]3CC[C@@H]4[C@@]5(C)CC[C@H](O[C@@H]6OC[C@H](O)[C@H](O[C@@H]7O[C@H](CO[C@@H]8O[C@H](CO)[C@@H](O)[C@H](O)[C@H]8O)[C@@H](O)[C@H](O)[C@H]7O[C@@H]7O[C@H](CO)[C@@H](O)[C@H](O)[C@H]7O)[C@H]6O[C@@H]6O[C@@H](C)[C@H](O)[C@@H](O)[C@H]6O)C(C)(C)[C@H]5CC[C@@]4(C)[C@@]34CO[C@@]2(C4)O1. The van der Waals surface area contributed by atoms with E-state index < -0.39 is 197 Å². The molecule has 0 radical (unpaired) electrons.